The molecule has 1 aromatic rings. The predicted molar refractivity (Wildman–Crippen MR) is 53.6 cm³/mol. The van der Waals surface area contributed by atoms with Crippen molar-refractivity contribution in [1.29, 1.82) is 0 Å². The summed E-state index contributed by atoms with van der Waals surface area (Å²) in [4.78, 5) is 0. The summed E-state index contributed by atoms with van der Waals surface area (Å²) in [5.74, 6) is 0.504. The Kier molecular flexibility index (Phi) is 4.03. The van der Waals surface area contributed by atoms with Gasteiger partial charge in [-0.15, -0.1) is 0 Å². The van der Waals surface area contributed by atoms with Gasteiger partial charge in [-0.05, 0) is 12.1 Å². The first-order valence-corrected chi connectivity index (χ1v) is 4.20. The predicted octanol–water partition coefficient (Wildman–Crippen LogP) is 1.10. The molecular weight excluding hydrogens is 184 g/mol. The van der Waals surface area contributed by atoms with E-state index in [1.807, 2.05) is 5.48 Å². The van der Waals surface area contributed by atoms with Crippen molar-refractivity contribution in [2.75, 3.05) is 31.5 Å². The van der Waals surface area contributed by atoms with Gasteiger partial charge in [0.15, 0.2) is 0 Å². The van der Waals surface area contributed by atoms with Crippen molar-refractivity contribution >= 4 is 11.4 Å². The van der Waals surface area contributed by atoms with Gasteiger partial charge in [0.25, 0.3) is 0 Å². The topological polar surface area (TPSA) is 76.7 Å². The molecule has 0 bridgehead atoms. The van der Waals surface area contributed by atoms with Crippen LogP contribution in [0.4, 0.5) is 11.4 Å². The lowest BCUT2D eigenvalue weighted by atomic mass is 10.2. The van der Waals surface area contributed by atoms with Gasteiger partial charge >= 0.3 is 0 Å². The van der Waals surface area contributed by atoms with E-state index in [4.69, 9.17) is 20.4 Å². The molecular formula is C9H14N2O3. The molecule has 0 amide bonds. The van der Waals surface area contributed by atoms with E-state index in [9.17, 15) is 0 Å². The molecule has 1 aromatic carbocycles. The molecule has 0 aliphatic carbocycles. The number of benzene rings is 1. The molecule has 0 fully saturated rings. The van der Waals surface area contributed by atoms with E-state index in [1.165, 1.54) is 0 Å². The summed E-state index contributed by atoms with van der Waals surface area (Å²) in [5.41, 5.74) is 8.41. The Morgan fingerprint density at radius 3 is 2.86 bits per heavy atom. The summed E-state index contributed by atoms with van der Waals surface area (Å²) in [5, 5.41) is 8.81. The zero-order valence-electron chi connectivity index (χ0n) is 7.99. The van der Waals surface area contributed by atoms with Crippen LogP contribution >= 0.6 is 0 Å². The summed E-state index contributed by atoms with van der Waals surface area (Å²) in [6.45, 7) is 0.897. The van der Waals surface area contributed by atoms with Gasteiger partial charge in [-0.25, -0.2) is 0 Å². The Labute approximate surface area is 82.4 Å². The fraction of sp³-hybridized carbons (Fsp3) is 0.333. The van der Waals surface area contributed by atoms with Crippen molar-refractivity contribution in [3.8, 4) is 5.75 Å². The molecule has 0 aromatic heterocycles. The third kappa shape index (κ3) is 2.51. The molecule has 0 atom stereocenters. The molecule has 78 valence electrons. The van der Waals surface area contributed by atoms with Crippen LogP contribution in [0.5, 0.6) is 5.75 Å². The lowest BCUT2D eigenvalue weighted by Gasteiger charge is -2.11. The van der Waals surface area contributed by atoms with Crippen LogP contribution in [-0.4, -0.2) is 25.5 Å². The van der Waals surface area contributed by atoms with Gasteiger partial charge in [0.05, 0.1) is 12.3 Å². The Balaban J connectivity index is 2.70. The molecule has 0 saturated heterocycles. The van der Waals surface area contributed by atoms with Crippen molar-refractivity contribution in [3.63, 3.8) is 0 Å². The van der Waals surface area contributed by atoms with Gasteiger partial charge in [0, 0.05) is 7.11 Å². The summed E-state index contributed by atoms with van der Waals surface area (Å²) < 4.78 is 10.1. The Morgan fingerprint density at radius 2 is 2.21 bits per heavy atom. The van der Waals surface area contributed by atoms with Crippen LogP contribution in [-0.2, 0) is 4.74 Å². The molecule has 4 N–H and O–H groups in total. The molecule has 5 nitrogen and oxygen atoms in total. The maximum absolute atomic E-state index is 8.81. The second kappa shape index (κ2) is 5.31. The average molecular weight is 198 g/mol. The van der Waals surface area contributed by atoms with Crippen LogP contribution in [0, 0.1) is 0 Å². The number of nitrogens with one attached hydrogen (secondary N) is 1. The highest BCUT2D eigenvalue weighted by Crippen LogP contribution is 2.29. The number of para-hydroxylation sites is 1. The fourth-order valence-corrected chi connectivity index (χ4v) is 1.02. The first kappa shape index (κ1) is 10.6. The number of nitrogens with two attached hydrogens (primary N) is 1. The lowest BCUT2D eigenvalue weighted by Crippen LogP contribution is -2.07. The minimum atomic E-state index is 0.378. The van der Waals surface area contributed by atoms with Crippen molar-refractivity contribution in [2.24, 2.45) is 0 Å². The minimum Gasteiger partial charge on any atom is -0.489 e. The van der Waals surface area contributed by atoms with Gasteiger partial charge in [-0.2, -0.15) is 0 Å². The van der Waals surface area contributed by atoms with Gasteiger partial charge in [-0.1, -0.05) is 6.07 Å². The summed E-state index contributed by atoms with van der Waals surface area (Å²) in [7, 11) is 1.59. The molecule has 0 saturated carbocycles. The van der Waals surface area contributed by atoms with E-state index in [-0.39, 0.29) is 0 Å². The zero-order valence-corrected chi connectivity index (χ0v) is 7.99. The Morgan fingerprint density at radius 1 is 1.43 bits per heavy atom. The Hall–Kier alpha value is -1.46. The summed E-state index contributed by atoms with van der Waals surface area (Å²) >= 11 is 0. The third-order valence-electron chi connectivity index (χ3n) is 1.72. The normalized spacial score (nSPS) is 9.86. The van der Waals surface area contributed by atoms with E-state index < -0.39 is 0 Å². The molecule has 0 unspecified atom stereocenters. The average Bonchev–Trinajstić information content (AvgIpc) is 2.18. The zero-order chi connectivity index (χ0) is 10.4. The highest BCUT2D eigenvalue weighted by atomic mass is 16.5. The number of hydrogen-bond donors (Lipinski definition) is 3. The van der Waals surface area contributed by atoms with Crippen molar-refractivity contribution in [3.05, 3.63) is 18.2 Å². The third-order valence-corrected chi connectivity index (χ3v) is 1.72. The van der Waals surface area contributed by atoms with Crippen molar-refractivity contribution in [2.45, 2.75) is 0 Å². The quantitative estimate of drug-likeness (QED) is 0.375. The van der Waals surface area contributed by atoms with Crippen LogP contribution in [0.15, 0.2) is 18.2 Å². The number of anilines is 2. The van der Waals surface area contributed by atoms with Gasteiger partial charge < -0.3 is 15.2 Å². The second-order valence-electron chi connectivity index (χ2n) is 2.67. The number of nitrogen functional groups attached to an aromatic ring is 1. The standard InChI is InChI=1S/C9H14N2O3/c1-13-5-6-14-8-4-2-3-7(10)9(8)11-12/h2-4,11-12H,5-6,10H2,1H3. The van der Waals surface area contributed by atoms with Crippen LogP contribution in [0.3, 0.4) is 0 Å². The fourth-order valence-electron chi connectivity index (χ4n) is 1.02. The SMILES string of the molecule is COCCOc1cccc(N)c1NO. The molecule has 0 spiro atoms. The van der Waals surface area contributed by atoms with Crippen LogP contribution in [0.1, 0.15) is 0 Å². The van der Waals surface area contributed by atoms with Gasteiger partial charge in [0.2, 0.25) is 0 Å². The summed E-state index contributed by atoms with van der Waals surface area (Å²) in [6, 6.07) is 5.13. The maximum atomic E-state index is 8.81. The van der Waals surface area contributed by atoms with Crippen LogP contribution in [0.25, 0.3) is 0 Å². The summed E-state index contributed by atoms with van der Waals surface area (Å²) in [6.07, 6.45) is 0. The van der Waals surface area contributed by atoms with Crippen LogP contribution in [0.2, 0.25) is 0 Å². The molecule has 1 rings (SSSR count). The van der Waals surface area contributed by atoms with E-state index in [0.717, 1.165) is 0 Å². The highest BCUT2D eigenvalue weighted by molar-refractivity contribution is 5.72. The number of hydrogen-bond acceptors (Lipinski definition) is 5. The maximum Gasteiger partial charge on any atom is 0.146 e. The molecule has 5 heteroatoms. The Bertz CT molecular complexity index is 291. The van der Waals surface area contributed by atoms with Crippen molar-refractivity contribution in [1.82, 2.24) is 0 Å². The van der Waals surface area contributed by atoms with Gasteiger partial charge in [-0.3, -0.25) is 10.7 Å². The van der Waals surface area contributed by atoms with E-state index in [0.29, 0.717) is 30.3 Å². The monoisotopic (exact) mass is 198 g/mol. The smallest absolute Gasteiger partial charge is 0.146 e. The molecule has 0 aliphatic rings. The van der Waals surface area contributed by atoms with E-state index in [2.05, 4.69) is 0 Å². The first-order chi connectivity index (χ1) is 6.79. The van der Waals surface area contributed by atoms with E-state index >= 15 is 0 Å². The first-order valence-electron chi connectivity index (χ1n) is 4.20. The lowest BCUT2D eigenvalue weighted by molar-refractivity contribution is 0.146. The number of rotatable bonds is 5. The second-order valence-corrected chi connectivity index (χ2v) is 2.67. The molecule has 0 radical (unpaired) electrons. The highest BCUT2D eigenvalue weighted by Gasteiger charge is 2.05. The molecule has 0 heterocycles. The molecule has 0 aliphatic heterocycles. The number of methoxy groups -OCH3 is 1. The van der Waals surface area contributed by atoms with Crippen molar-refractivity contribution < 1.29 is 14.7 Å². The largest absolute Gasteiger partial charge is 0.489 e. The molecule has 14 heavy (non-hydrogen) atoms. The van der Waals surface area contributed by atoms with Crippen LogP contribution < -0.4 is 16.0 Å². The van der Waals surface area contributed by atoms with E-state index in [1.54, 1.807) is 25.3 Å². The number of ether oxygens (including phenoxy) is 2. The minimum absolute atomic E-state index is 0.378. The van der Waals surface area contributed by atoms with Gasteiger partial charge in [0.1, 0.15) is 18.0 Å².